The van der Waals surface area contributed by atoms with Crippen molar-refractivity contribution in [3.05, 3.63) is 16.1 Å². The van der Waals surface area contributed by atoms with E-state index in [0.29, 0.717) is 17.5 Å². The van der Waals surface area contributed by atoms with Crippen molar-refractivity contribution in [2.45, 2.75) is 45.1 Å². The minimum absolute atomic E-state index is 0.0931. The highest BCUT2D eigenvalue weighted by atomic mass is 32.1. The van der Waals surface area contributed by atoms with Gasteiger partial charge in [-0.3, -0.25) is 9.69 Å². The molecule has 6 heteroatoms. The minimum atomic E-state index is -0.0931. The third-order valence-corrected chi connectivity index (χ3v) is 4.81. The van der Waals surface area contributed by atoms with E-state index in [2.05, 4.69) is 29.0 Å². The standard InChI is InChI=1S/C15H25N3O2S/c1-11(2)13-10-21-15(17-13)14(20)16-6-8-18-7-4-3-5-12(18)9-19/h10-12,19H,3-9H2,1-2H3,(H,16,20). The van der Waals surface area contributed by atoms with Gasteiger partial charge in [0.1, 0.15) is 0 Å². The molecule has 1 fully saturated rings. The Labute approximate surface area is 130 Å². The third-order valence-electron chi connectivity index (χ3n) is 3.95. The Balaban J connectivity index is 1.78. The number of aliphatic hydroxyl groups is 1. The lowest BCUT2D eigenvalue weighted by Gasteiger charge is -2.34. The summed E-state index contributed by atoms with van der Waals surface area (Å²) in [6.07, 6.45) is 3.41. The Hall–Kier alpha value is -0.980. The summed E-state index contributed by atoms with van der Waals surface area (Å²) in [5, 5.41) is 14.8. The predicted molar refractivity (Wildman–Crippen MR) is 84.8 cm³/mol. The Kier molecular flexibility index (Phi) is 6.14. The van der Waals surface area contributed by atoms with Crippen molar-refractivity contribution >= 4 is 17.2 Å². The number of carbonyl (C=O) groups excluding carboxylic acids is 1. The highest BCUT2D eigenvalue weighted by Gasteiger charge is 2.21. The van der Waals surface area contributed by atoms with Crippen LogP contribution in [-0.4, -0.2) is 53.2 Å². The molecule has 118 valence electrons. The molecule has 0 radical (unpaired) electrons. The Morgan fingerprint density at radius 1 is 1.57 bits per heavy atom. The van der Waals surface area contributed by atoms with Gasteiger partial charge in [-0.15, -0.1) is 11.3 Å². The van der Waals surface area contributed by atoms with Crippen molar-refractivity contribution in [2.24, 2.45) is 0 Å². The Bertz CT molecular complexity index is 462. The zero-order valence-electron chi connectivity index (χ0n) is 12.8. The molecule has 1 aliphatic rings. The number of likely N-dealkylation sites (tertiary alicyclic amines) is 1. The molecule has 0 bridgehead atoms. The largest absolute Gasteiger partial charge is 0.395 e. The molecule has 0 spiro atoms. The molecule has 1 aromatic rings. The molecule has 1 amide bonds. The molecule has 21 heavy (non-hydrogen) atoms. The van der Waals surface area contributed by atoms with Crippen molar-refractivity contribution in [1.82, 2.24) is 15.2 Å². The SMILES string of the molecule is CC(C)c1csc(C(=O)NCCN2CCCCC2CO)n1. The lowest BCUT2D eigenvalue weighted by molar-refractivity contribution is 0.0849. The molecule has 1 unspecified atom stereocenters. The summed E-state index contributed by atoms with van der Waals surface area (Å²) in [4.78, 5) is 18.7. The number of rotatable bonds is 6. The van der Waals surface area contributed by atoms with Crippen molar-refractivity contribution in [2.75, 3.05) is 26.2 Å². The summed E-state index contributed by atoms with van der Waals surface area (Å²) in [6, 6.07) is 0.253. The van der Waals surface area contributed by atoms with Crippen molar-refractivity contribution < 1.29 is 9.90 Å². The van der Waals surface area contributed by atoms with Gasteiger partial charge in [-0.2, -0.15) is 0 Å². The van der Waals surface area contributed by atoms with Crippen LogP contribution in [0, 0.1) is 0 Å². The van der Waals surface area contributed by atoms with Crippen LogP contribution in [0.3, 0.4) is 0 Å². The number of amides is 1. The number of carbonyl (C=O) groups is 1. The molecule has 1 atom stereocenters. The Morgan fingerprint density at radius 3 is 3.05 bits per heavy atom. The fourth-order valence-electron chi connectivity index (χ4n) is 2.61. The average molecular weight is 311 g/mol. The molecule has 2 N–H and O–H groups in total. The molecule has 0 aromatic carbocycles. The molecule has 5 nitrogen and oxygen atoms in total. The smallest absolute Gasteiger partial charge is 0.280 e. The summed E-state index contributed by atoms with van der Waals surface area (Å²) >= 11 is 1.40. The molecule has 2 heterocycles. The molecule has 1 aliphatic heterocycles. The van der Waals surface area contributed by atoms with Crippen LogP contribution in [-0.2, 0) is 0 Å². The summed E-state index contributed by atoms with van der Waals surface area (Å²) in [6.45, 7) is 6.75. The van der Waals surface area contributed by atoms with Gasteiger partial charge in [-0.05, 0) is 25.3 Å². The molecular weight excluding hydrogens is 286 g/mol. The van der Waals surface area contributed by atoms with Gasteiger partial charge in [-0.25, -0.2) is 4.98 Å². The molecule has 0 saturated carbocycles. The second-order valence-electron chi connectivity index (χ2n) is 5.86. The second kappa shape index (κ2) is 7.87. The van der Waals surface area contributed by atoms with E-state index >= 15 is 0 Å². The van der Waals surface area contributed by atoms with Crippen molar-refractivity contribution in [3.63, 3.8) is 0 Å². The molecule has 1 aromatic heterocycles. The van der Waals surface area contributed by atoms with Crippen molar-refractivity contribution in [3.8, 4) is 0 Å². The fraction of sp³-hybridized carbons (Fsp3) is 0.733. The van der Waals surface area contributed by atoms with Crippen LogP contribution in [0.2, 0.25) is 0 Å². The van der Waals surface area contributed by atoms with Crippen LogP contribution in [0.15, 0.2) is 5.38 Å². The van der Waals surface area contributed by atoms with E-state index in [9.17, 15) is 9.90 Å². The van der Waals surface area contributed by atoms with Crippen LogP contribution in [0.5, 0.6) is 0 Å². The monoisotopic (exact) mass is 311 g/mol. The second-order valence-corrected chi connectivity index (χ2v) is 6.71. The Morgan fingerprint density at radius 2 is 2.38 bits per heavy atom. The van der Waals surface area contributed by atoms with Gasteiger partial charge in [0, 0.05) is 24.5 Å². The maximum Gasteiger partial charge on any atom is 0.280 e. The van der Waals surface area contributed by atoms with E-state index < -0.39 is 0 Å². The quantitative estimate of drug-likeness (QED) is 0.841. The average Bonchev–Trinajstić information content (AvgIpc) is 2.98. The first-order valence-corrected chi connectivity index (χ1v) is 8.58. The first-order chi connectivity index (χ1) is 10.1. The van der Waals surface area contributed by atoms with Crippen LogP contribution in [0.1, 0.15) is 54.5 Å². The van der Waals surface area contributed by atoms with Crippen LogP contribution in [0.4, 0.5) is 0 Å². The van der Waals surface area contributed by atoms with E-state index in [4.69, 9.17) is 0 Å². The number of hydrogen-bond acceptors (Lipinski definition) is 5. The number of aliphatic hydroxyl groups excluding tert-OH is 1. The zero-order chi connectivity index (χ0) is 15.2. The fourth-order valence-corrected chi connectivity index (χ4v) is 3.50. The highest BCUT2D eigenvalue weighted by molar-refractivity contribution is 7.11. The van der Waals surface area contributed by atoms with Crippen LogP contribution < -0.4 is 5.32 Å². The van der Waals surface area contributed by atoms with Gasteiger partial charge in [0.2, 0.25) is 0 Å². The number of nitrogens with zero attached hydrogens (tertiary/aromatic N) is 2. The van der Waals surface area contributed by atoms with Gasteiger partial charge in [0.25, 0.3) is 5.91 Å². The van der Waals surface area contributed by atoms with E-state index in [1.165, 1.54) is 24.2 Å². The molecular formula is C15H25N3O2S. The number of nitrogens with one attached hydrogen (secondary N) is 1. The highest BCUT2D eigenvalue weighted by Crippen LogP contribution is 2.18. The third kappa shape index (κ3) is 4.49. The van der Waals surface area contributed by atoms with E-state index in [0.717, 1.165) is 25.2 Å². The van der Waals surface area contributed by atoms with E-state index in [1.807, 2.05) is 5.38 Å². The zero-order valence-corrected chi connectivity index (χ0v) is 13.7. The lowest BCUT2D eigenvalue weighted by atomic mass is 10.0. The summed E-state index contributed by atoms with van der Waals surface area (Å²) < 4.78 is 0. The number of piperidine rings is 1. The maximum absolute atomic E-state index is 12.0. The number of thiazole rings is 1. The normalized spacial score (nSPS) is 19.9. The summed E-state index contributed by atoms with van der Waals surface area (Å²) in [5.74, 6) is 0.255. The number of aromatic nitrogens is 1. The molecule has 0 aliphatic carbocycles. The van der Waals surface area contributed by atoms with Gasteiger partial charge >= 0.3 is 0 Å². The minimum Gasteiger partial charge on any atom is -0.395 e. The molecule has 2 rings (SSSR count). The van der Waals surface area contributed by atoms with Gasteiger partial charge in [-0.1, -0.05) is 20.3 Å². The number of hydrogen-bond donors (Lipinski definition) is 2. The van der Waals surface area contributed by atoms with Gasteiger partial charge in [0.05, 0.1) is 12.3 Å². The first-order valence-electron chi connectivity index (χ1n) is 7.70. The van der Waals surface area contributed by atoms with Crippen LogP contribution in [0.25, 0.3) is 0 Å². The summed E-state index contributed by atoms with van der Waals surface area (Å²) in [5.41, 5.74) is 0.974. The van der Waals surface area contributed by atoms with Gasteiger partial charge in [0.15, 0.2) is 5.01 Å². The topological polar surface area (TPSA) is 65.5 Å². The summed E-state index contributed by atoms with van der Waals surface area (Å²) in [7, 11) is 0. The van der Waals surface area contributed by atoms with E-state index in [-0.39, 0.29) is 18.6 Å². The van der Waals surface area contributed by atoms with E-state index in [1.54, 1.807) is 0 Å². The first kappa shape index (κ1) is 16.4. The molecule has 1 saturated heterocycles. The maximum atomic E-state index is 12.0. The van der Waals surface area contributed by atoms with Crippen LogP contribution >= 0.6 is 11.3 Å². The lowest BCUT2D eigenvalue weighted by Crippen LogP contribution is -2.45. The van der Waals surface area contributed by atoms with Crippen molar-refractivity contribution in [1.29, 1.82) is 0 Å². The van der Waals surface area contributed by atoms with Gasteiger partial charge < -0.3 is 10.4 Å². The predicted octanol–water partition coefficient (Wildman–Crippen LogP) is 1.84.